The van der Waals surface area contributed by atoms with Gasteiger partial charge in [0, 0.05) is 11.8 Å². The zero-order chi connectivity index (χ0) is 18.2. The van der Waals surface area contributed by atoms with Gasteiger partial charge in [0.05, 0.1) is 12.1 Å². The molecular weight excluding hydrogens is 353 g/mol. The highest BCUT2D eigenvalue weighted by Gasteiger charge is 2.07. The van der Waals surface area contributed by atoms with E-state index in [0.29, 0.717) is 11.4 Å². The van der Waals surface area contributed by atoms with E-state index in [1.807, 2.05) is 0 Å². The van der Waals surface area contributed by atoms with Gasteiger partial charge in [-0.15, -0.1) is 0 Å². The first kappa shape index (κ1) is 18.5. The summed E-state index contributed by atoms with van der Waals surface area (Å²) in [6, 6.07) is 10.2. The molecule has 0 bridgehead atoms. The van der Waals surface area contributed by atoms with Gasteiger partial charge in [0.2, 0.25) is 0 Å². The van der Waals surface area contributed by atoms with Crippen LogP contribution in [0.15, 0.2) is 42.5 Å². The third-order valence-corrected chi connectivity index (χ3v) is 3.27. The highest BCUT2D eigenvalue weighted by molar-refractivity contribution is 6.30. The van der Waals surface area contributed by atoms with Crippen molar-refractivity contribution in [2.75, 3.05) is 25.6 Å². The molecule has 0 aliphatic heterocycles. The Morgan fingerprint density at radius 3 is 2.32 bits per heavy atom. The van der Waals surface area contributed by atoms with Gasteiger partial charge in [-0.25, -0.2) is 9.18 Å². The maximum Gasteiger partial charge on any atom is 0.343 e. The van der Waals surface area contributed by atoms with Crippen LogP contribution in [0.5, 0.6) is 11.5 Å². The number of hydrogen-bond donors (Lipinski definition) is 1. The number of anilines is 1. The summed E-state index contributed by atoms with van der Waals surface area (Å²) >= 11 is 5.63. The predicted molar refractivity (Wildman–Crippen MR) is 89.5 cm³/mol. The van der Waals surface area contributed by atoms with Crippen molar-refractivity contribution >= 4 is 29.2 Å². The Bertz CT molecular complexity index is 751. The second-order valence-corrected chi connectivity index (χ2v) is 5.21. The number of amides is 1. The molecule has 2 aromatic carbocycles. The summed E-state index contributed by atoms with van der Waals surface area (Å²) in [4.78, 5) is 22.8. The van der Waals surface area contributed by atoms with Crippen molar-refractivity contribution < 1.29 is 28.2 Å². The number of carbonyl (C=O) groups is 2. The zero-order valence-electron chi connectivity index (χ0n) is 13.3. The van der Waals surface area contributed by atoms with Crippen LogP contribution in [-0.2, 0) is 14.3 Å². The molecule has 2 aromatic rings. The van der Waals surface area contributed by atoms with Gasteiger partial charge < -0.3 is 19.5 Å². The van der Waals surface area contributed by atoms with Crippen LogP contribution in [0.3, 0.4) is 0 Å². The lowest BCUT2D eigenvalue weighted by Gasteiger charge is -2.09. The number of ether oxygens (including phenoxy) is 3. The van der Waals surface area contributed by atoms with Gasteiger partial charge in [-0.05, 0) is 36.4 Å². The van der Waals surface area contributed by atoms with E-state index in [1.165, 1.54) is 19.2 Å². The molecule has 2 rings (SSSR count). The van der Waals surface area contributed by atoms with Crippen molar-refractivity contribution in [1.82, 2.24) is 0 Å². The molecule has 0 heterocycles. The molecule has 1 amide bonds. The summed E-state index contributed by atoms with van der Waals surface area (Å²) in [5.74, 6) is -0.708. The van der Waals surface area contributed by atoms with Crippen molar-refractivity contribution in [2.45, 2.75) is 0 Å². The lowest BCUT2D eigenvalue weighted by atomic mass is 10.3. The molecule has 25 heavy (non-hydrogen) atoms. The highest BCUT2D eigenvalue weighted by Crippen LogP contribution is 2.21. The average Bonchev–Trinajstić information content (AvgIpc) is 2.62. The quantitative estimate of drug-likeness (QED) is 0.761. The molecule has 0 atom stereocenters. The van der Waals surface area contributed by atoms with Crippen molar-refractivity contribution in [3.8, 4) is 11.5 Å². The van der Waals surface area contributed by atoms with E-state index >= 15 is 0 Å². The number of nitrogens with one attached hydrogen (secondary N) is 1. The smallest absolute Gasteiger partial charge is 0.343 e. The topological polar surface area (TPSA) is 73.9 Å². The van der Waals surface area contributed by atoms with Crippen LogP contribution in [0.4, 0.5) is 10.1 Å². The van der Waals surface area contributed by atoms with Crippen molar-refractivity contribution in [1.29, 1.82) is 0 Å². The van der Waals surface area contributed by atoms with Crippen molar-refractivity contribution in [3.05, 3.63) is 53.3 Å². The molecule has 0 aliphatic rings. The van der Waals surface area contributed by atoms with Crippen LogP contribution in [0.2, 0.25) is 5.02 Å². The van der Waals surface area contributed by atoms with Crippen molar-refractivity contribution in [2.24, 2.45) is 0 Å². The molecule has 8 heteroatoms. The number of carbonyl (C=O) groups excluding carboxylic acids is 2. The largest absolute Gasteiger partial charge is 0.484 e. The molecule has 0 saturated carbocycles. The van der Waals surface area contributed by atoms with Gasteiger partial charge in [0.1, 0.15) is 17.3 Å². The molecule has 0 aromatic heterocycles. The van der Waals surface area contributed by atoms with E-state index in [4.69, 9.17) is 21.1 Å². The van der Waals surface area contributed by atoms with Crippen molar-refractivity contribution in [3.63, 3.8) is 0 Å². The minimum absolute atomic E-state index is 0.0829. The number of halogens is 2. The Hall–Kier alpha value is -2.80. The third kappa shape index (κ3) is 5.96. The summed E-state index contributed by atoms with van der Waals surface area (Å²) in [6.07, 6.45) is 0. The Morgan fingerprint density at radius 2 is 1.68 bits per heavy atom. The number of esters is 1. The monoisotopic (exact) mass is 367 g/mol. The second-order valence-electron chi connectivity index (χ2n) is 4.80. The molecule has 0 fully saturated rings. The van der Waals surface area contributed by atoms with E-state index in [1.54, 1.807) is 24.3 Å². The second kappa shape index (κ2) is 8.89. The Morgan fingerprint density at radius 1 is 1.04 bits per heavy atom. The zero-order valence-corrected chi connectivity index (χ0v) is 14.0. The molecule has 6 nitrogen and oxygen atoms in total. The maximum absolute atomic E-state index is 13.0. The lowest BCUT2D eigenvalue weighted by Crippen LogP contribution is -2.20. The first-order valence-electron chi connectivity index (χ1n) is 7.15. The average molecular weight is 368 g/mol. The van der Waals surface area contributed by atoms with Crippen LogP contribution >= 0.6 is 11.6 Å². The molecular formula is C17H15ClFNO5. The number of rotatable bonds is 7. The minimum Gasteiger partial charge on any atom is -0.484 e. The van der Waals surface area contributed by atoms with Crippen LogP contribution in [0.1, 0.15) is 0 Å². The molecule has 0 radical (unpaired) electrons. The predicted octanol–water partition coefficient (Wildman–Crippen LogP) is 3.05. The van der Waals surface area contributed by atoms with Crippen LogP contribution in [-0.4, -0.2) is 32.2 Å². The molecule has 0 aliphatic carbocycles. The SMILES string of the molecule is COC(=O)COc1ccc(NC(=O)COc2ccc(F)c(Cl)c2)cc1. The number of methoxy groups -OCH3 is 1. The normalized spacial score (nSPS) is 10.0. The Labute approximate surface area is 148 Å². The van der Waals surface area contributed by atoms with E-state index in [0.717, 1.165) is 6.07 Å². The van der Waals surface area contributed by atoms with E-state index < -0.39 is 17.7 Å². The van der Waals surface area contributed by atoms with Crippen LogP contribution in [0.25, 0.3) is 0 Å². The molecule has 0 saturated heterocycles. The first-order chi connectivity index (χ1) is 12.0. The van der Waals surface area contributed by atoms with Gasteiger partial charge in [0.25, 0.3) is 5.91 Å². The molecule has 1 N–H and O–H groups in total. The Kier molecular flexibility index (Phi) is 6.59. The summed E-state index contributed by atoms with van der Waals surface area (Å²) in [5, 5.41) is 2.54. The van der Waals surface area contributed by atoms with Gasteiger partial charge in [-0.1, -0.05) is 11.6 Å². The molecule has 0 unspecified atom stereocenters. The molecule has 0 spiro atoms. The summed E-state index contributed by atoms with van der Waals surface area (Å²) in [5.41, 5.74) is 0.524. The fourth-order valence-electron chi connectivity index (χ4n) is 1.75. The van der Waals surface area contributed by atoms with Gasteiger partial charge in [-0.2, -0.15) is 0 Å². The Balaban J connectivity index is 1.81. The van der Waals surface area contributed by atoms with Crippen LogP contribution in [0, 0.1) is 5.82 Å². The van der Waals surface area contributed by atoms with E-state index in [2.05, 4.69) is 10.1 Å². The fourth-order valence-corrected chi connectivity index (χ4v) is 1.92. The van der Waals surface area contributed by atoms with Gasteiger partial charge >= 0.3 is 5.97 Å². The summed E-state index contributed by atoms with van der Waals surface area (Å²) in [7, 11) is 1.27. The van der Waals surface area contributed by atoms with E-state index in [9.17, 15) is 14.0 Å². The summed E-state index contributed by atoms with van der Waals surface area (Å²) in [6.45, 7) is -0.459. The number of benzene rings is 2. The standard InChI is InChI=1S/C17H15ClFNO5/c1-23-17(22)10-25-12-4-2-11(3-5-12)20-16(21)9-24-13-6-7-15(19)14(18)8-13/h2-8H,9-10H2,1H3,(H,20,21). The van der Waals surface area contributed by atoms with Gasteiger partial charge in [-0.3, -0.25) is 4.79 Å². The molecule has 132 valence electrons. The maximum atomic E-state index is 13.0. The minimum atomic E-state index is -0.562. The number of hydrogen-bond acceptors (Lipinski definition) is 5. The highest BCUT2D eigenvalue weighted by atomic mass is 35.5. The third-order valence-electron chi connectivity index (χ3n) is 2.98. The fraction of sp³-hybridized carbons (Fsp3) is 0.176. The lowest BCUT2D eigenvalue weighted by molar-refractivity contribution is -0.142. The summed E-state index contributed by atoms with van der Waals surface area (Å²) < 4.78 is 27.9. The first-order valence-corrected chi connectivity index (χ1v) is 7.53. The van der Waals surface area contributed by atoms with E-state index in [-0.39, 0.29) is 24.0 Å². The van der Waals surface area contributed by atoms with Crippen LogP contribution < -0.4 is 14.8 Å². The van der Waals surface area contributed by atoms with Gasteiger partial charge in [0.15, 0.2) is 13.2 Å².